The molecule has 0 saturated carbocycles. The molecule has 0 radical (unpaired) electrons. The van der Waals surface area contributed by atoms with Crippen LogP contribution in [0.1, 0.15) is 312 Å². The zero-order valence-electron chi connectivity index (χ0n) is 54.5. The number of aliphatic hydroxyl groups excluding tert-OH is 1. The summed E-state index contributed by atoms with van der Waals surface area (Å²) in [7, 11) is -9.89. The molecule has 0 aliphatic carbocycles. The molecule has 0 aromatic carbocycles. The lowest BCUT2D eigenvalue weighted by molar-refractivity contribution is -0.161. The van der Waals surface area contributed by atoms with Crippen molar-refractivity contribution in [3.8, 4) is 0 Å². The molecule has 0 spiro atoms. The Morgan fingerprint density at radius 2 is 0.500 bits per heavy atom. The van der Waals surface area contributed by atoms with E-state index >= 15 is 0 Å². The molecule has 0 bridgehead atoms. The number of unbranched alkanes of at least 4 members (excludes halogenated alkanes) is 28. The quantitative estimate of drug-likeness (QED) is 0.0222. The third-order valence-electron chi connectivity index (χ3n) is 14.8. The number of carbonyl (C=O) groups excluding carboxylic acids is 4. The van der Waals surface area contributed by atoms with Crippen LogP contribution in [-0.2, 0) is 65.4 Å². The summed E-state index contributed by atoms with van der Waals surface area (Å²) < 4.78 is 67.9. The number of ether oxygens (including phenoxy) is 4. The number of phosphoric acid groups is 2. The van der Waals surface area contributed by atoms with Crippen molar-refractivity contribution in [1.29, 1.82) is 0 Å². The van der Waals surface area contributed by atoms with E-state index in [0.717, 1.165) is 109 Å². The van der Waals surface area contributed by atoms with Crippen molar-refractivity contribution in [3.63, 3.8) is 0 Å². The van der Waals surface area contributed by atoms with Gasteiger partial charge in [0, 0.05) is 25.7 Å². The normalized spacial score (nSPS) is 14.4. The molecule has 498 valence electrons. The second kappa shape index (κ2) is 55.2. The lowest BCUT2D eigenvalue weighted by Gasteiger charge is -2.21. The molecular formula is C65H126O17P2. The number of phosphoric ester groups is 2. The highest BCUT2D eigenvalue weighted by molar-refractivity contribution is 7.47. The summed E-state index contributed by atoms with van der Waals surface area (Å²) in [6.07, 6.45) is 35.4. The van der Waals surface area contributed by atoms with Gasteiger partial charge in [-0.1, -0.05) is 261 Å². The molecule has 84 heavy (non-hydrogen) atoms. The first kappa shape index (κ1) is 82.1. The van der Waals surface area contributed by atoms with Crippen molar-refractivity contribution in [3.05, 3.63) is 0 Å². The lowest BCUT2D eigenvalue weighted by Crippen LogP contribution is -2.30. The van der Waals surface area contributed by atoms with Gasteiger partial charge in [0.2, 0.25) is 0 Å². The first-order valence-electron chi connectivity index (χ1n) is 33.7. The fourth-order valence-electron chi connectivity index (χ4n) is 9.61. The summed E-state index contributed by atoms with van der Waals surface area (Å²) in [5, 5.41) is 10.5. The average Bonchev–Trinajstić information content (AvgIpc) is 3.42. The van der Waals surface area contributed by atoms with Gasteiger partial charge in [-0.25, -0.2) is 9.13 Å². The van der Waals surface area contributed by atoms with Gasteiger partial charge in [-0.15, -0.1) is 0 Å². The number of esters is 4. The van der Waals surface area contributed by atoms with Crippen molar-refractivity contribution in [2.45, 2.75) is 331 Å². The van der Waals surface area contributed by atoms with E-state index in [4.69, 9.17) is 37.0 Å². The SMILES string of the molecule is CC(C)CCCCCCCCCCCCCCCCC(=O)O[C@H](COC(=O)CCCCCCCCC(C)C)COP(=O)(O)OC[C@H](O)COP(=O)(O)OC[C@@H](COC(=O)CCCCCCCCC(C)C)OC(=O)CCCCCCCCC(C)C. The first-order valence-corrected chi connectivity index (χ1v) is 36.7. The van der Waals surface area contributed by atoms with Gasteiger partial charge >= 0.3 is 39.5 Å². The largest absolute Gasteiger partial charge is 0.472 e. The Morgan fingerprint density at radius 3 is 0.738 bits per heavy atom. The number of aliphatic hydroxyl groups is 1. The molecule has 0 aromatic heterocycles. The highest BCUT2D eigenvalue weighted by Gasteiger charge is 2.30. The van der Waals surface area contributed by atoms with Crippen LogP contribution in [-0.4, -0.2) is 96.7 Å². The predicted molar refractivity (Wildman–Crippen MR) is 335 cm³/mol. The van der Waals surface area contributed by atoms with E-state index in [1.807, 2.05) is 0 Å². The maximum Gasteiger partial charge on any atom is 0.472 e. The van der Waals surface area contributed by atoms with Crippen molar-refractivity contribution >= 4 is 39.5 Å². The molecule has 5 atom stereocenters. The zero-order chi connectivity index (χ0) is 62.5. The minimum Gasteiger partial charge on any atom is -0.462 e. The van der Waals surface area contributed by atoms with Crippen LogP contribution in [0.25, 0.3) is 0 Å². The molecule has 0 aliphatic rings. The van der Waals surface area contributed by atoms with Gasteiger partial charge in [-0.3, -0.25) is 37.3 Å². The van der Waals surface area contributed by atoms with Crippen LogP contribution in [0, 0.1) is 23.7 Å². The summed E-state index contributed by atoms with van der Waals surface area (Å²) in [5.74, 6) is 0.679. The van der Waals surface area contributed by atoms with Crippen molar-refractivity contribution in [2.24, 2.45) is 23.7 Å². The molecule has 0 aliphatic heterocycles. The Kier molecular flexibility index (Phi) is 53.9. The molecule has 3 N–H and O–H groups in total. The molecule has 2 unspecified atom stereocenters. The van der Waals surface area contributed by atoms with Gasteiger partial charge in [0.1, 0.15) is 19.3 Å². The van der Waals surface area contributed by atoms with Crippen LogP contribution >= 0.6 is 15.6 Å². The van der Waals surface area contributed by atoms with Gasteiger partial charge in [-0.05, 0) is 49.4 Å². The second-order valence-corrected chi connectivity index (χ2v) is 28.3. The fraction of sp³-hybridized carbons (Fsp3) is 0.938. The summed E-state index contributed by atoms with van der Waals surface area (Å²) in [4.78, 5) is 72.1. The van der Waals surface area contributed by atoms with E-state index in [1.165, 1.54) is 103 Å². The standard InChI is InChI=1S/C65H126O17P2/c1-55(2)41-33-25-17-15-13-11-9-10-12-14-16-18-31-39-47-64(69)81-60(51-75-62(67)45-37-29-22-19-26-34-42-56(3)4)53-79-83(71,72)77-49-59(66)50-78-84(73,74)80-54-61(82-65(70)48-40-32-24-21-28-36-44-58(7)8)52-76-63(68)46-38-30-23-20-27-35-43-57(5)6/h55-61,66H,9-54H2,1-8H3,(H,71,72)(H,73,74)/t59-,60+,61+/m0/s1. The van der Waals surface area contributed by atoms with E-state index in [1.54, 1.807) is 0 Å². The van der Waals surface area contributed by atoms with Gasteiger partial charge in [0.05, 0.1) is 26.4 Å². The van der Waals surface area contributed by atoms with Gasteiger partial charge in [-0.2, -0.15) is 0 Å². The topological polar surface area (TPSA) is 237 Å². The number of hydrogen-bond acceptors (Lipinski definition) is 15. The van der Waals surface area contributed by atoms with E-state index < -0.39 is 97.5 Å². The minimum atomic E-state index is -4.95. The van der Waals surface area contributed by atoms with Crippen LogP contribution in [0.15, 0.2) is 0 Å². The molecule has 19 heteroatoms. The van der Waals surface area contributed by atoms with Gasteiger partial charge in [0.25, 0.3) is 0 Å². The Morgan fingerprint density at radius 1 is 0.298 bits per heavy atom. The molecule has 0 fully saturated rings. The van der Waals surface area contributed by atoms with Crippen LogP contribution in [0.3, 0.4) is 0 Å². The minimum absolute atomic E-state index is 0.100. The third-order valence-corrected chi connectivity index (χ3v) is 16.7. The monoisotopic (exact) mass is 1240 g/mol. The highest BCUT2D eigenvalue weighted by Crippen LogP contribution is 2.45. The molecule has 0 rings (SSSR count). The zero-order valence-corrected chi connectivity index (χ0v) is 56.3. The maximum absolute atomic E-state index is 13.0. The Bertz CT molecular complexity index is 1680. The Balaban J connectivity index is 5.19. The maximum atomic E-state index is 13.0. The second-order valence-electron chi connectivity index (χ2n) is 25.4. The first-order chi connectivity index (χ1) is 40.1. The molecule has 0 heterocycles. The molecule has 0 amide bonds. The molecule has 17 nitrogen and oxygen atoms in total. The molecule has 0 saturated heterocycles. The average molecular weight is 1240 g/mol. The van der Waals surface area contributed by atoms with Gasteiger partial charge < -0.3 is 33.8 Å². The lowest BCUT2D eigenvalue weighted by atomic mass is 10.0. The van der Waals surface area contributed by atoms with Crippen molar-refractivity contribution < 1.29 is 80.2 Å². The summed E-state index contributed by atoms with van der Waals surface area (Å²) in [5.41, 5.74) is 0. The highest BCUT2D eigenvalue weighted by atomic mass is 31.2. The van der Waals surface area contributed by atoms with Crippen LogP contribution in [0.2, 0.25) is 0 Å². The number of rotatable bonds is 62. The van der Waals surface area contributed by atoms with E-state index in [-0.39, 0.29) is 25.7 Å². The van der Waals surface area contributed by atoms with Crippen molar-refractivity contribution in [1.82, 2.24) is 0 Å². The Hall–Kier alpha value is -1.94. The summed E-state index contributed by atoms with van der Waals surface area (Å²) in [6, 6.07) is 0. The van der Waals surface area contributed by atoms with E-state index in [0.29, 0.717) is 43.4 Å². The van der Waals surface area contributed by atoms with Crippen LogP contribution < -0.4 is 0 Å². The van der Waals surface area contributed by atoms with Gasteiger partial charge in [0.15, 0.2) is 12.2 Å². The smallest absolute Gasteiger partial charge is 0.462 e. The third kappa shape index (κ3) is 59.0. The van der Waals surface area contributed by atoms with Crippen LogP contribution in [0.5, 0.6) is 0 Å². The fourth-order valence-corrected chi connectivity index (χ4v) is 11.2. The number of carbonyl (C=O) groups is 4. The van der Waals surface area contributed by atoms with E-state index in [2.05, 4.69) is 55.4 Å². The summed E-state index contributed by atoms with van der Waals surface area (Å²) >= 11 is 0. The molecule has 0 aromatic rings. The number of hydrogen-bond donors (Lipinski definition) is 3. The predicted octanol–water partition coefficient (Wildman–Crippen LogP) is 17.8. The van der Waals surface area contributed by atoms with Crippen molar-refractivity contribution in [2.75, 3.05) is 39.6 Å². The molecular weight excluding hydrogens is 1110 g/mol. The van der Waals surface area contributed by atoms with Crippen LogP contribution in [0.4, 0.5) is 0 Å². The summed E-state index contributed by atoms with van der Waals surface area (Å²) in [6.45, 7) is 13.9. The van der Waals surface area contributed by atoms with E-state index in [9.17, 15) is 43.2 Å². The Labute approximate surface area is 511 Å².